The van der Waals surface area contributed by atoms with E-state index in [9.17, 15) is 13.2 Å². The van der Waals surface area contributed by atoms with Gasteiger partial charge in [-0.1, -0.05) is 0 Å². The van der Waals surface area contributed by atoms with Gasteiger partial charge in [0.2, 0.25) is 0 Å². The summed E-state index contributed by atoms with van der Waals surface area (Å²) in [5, 5.41) is 0. The van der Waals surface area contributed by atoms with E-state index in [1.807, 2.05) is 0 Å². The molecule has 0 radical (unpaired) electrons. The second kappa shape index (κ2) is 4.49. The first-order valence-corrected chi connectivity index (χ1v) is 4.81. The number of rotatable bonds is 3. The van der Waals surface area contributed by atoms with Crippen LogP contribution in [0.25, 0.3) is 0 Å². The maximum Gasteiger partial charge on any atom is 0.261 e. The highest BCUT2D eigenvalue weighted by Crippen LogP contribution is 2.24. The lowest BCUT2D eigenvalue weighted by molar-refractivity contribution is -0.0873. The lowest BCUT2D eigenvalue weighted by Gasteiger charge is -2.41. The molecule has 1 rings (SSSR count). The van der Waals surface area contributed by atoms with Gasteiger partial charge in [0, 0.05) is 33.1 Å². The number of halogens is 3. The fourth-order valence-corrected chi connectivity index (χ4v) is 1.80. The van der Waals surface area contributed by atoms with Crippen molar-refractivity contribution in [1.29, 1.82) is 0 Å². The average molecular weight is 210 g/mol. The van der Waals surface area contributed by atoms with Crippen LogP contribution in [0.4, 0.5) is 13.2 Å². The predicted octanol–water partition coefficient (Wildman–Crippen LogP) is 1.23. The third kappa shape index (κ3) is 2.85. The number of likely N-dealkylation sites (N-methyl/N-ethyl adjacent to an activating group) is 1. The molecule has 1 fully saturated rings. The SMILES string of the molecule is CN1CCN(CCF)CC1C(C)(F)F. The molecule has 1 saturated heterocycles. The van der Waals surface area contributed by atoms with Crippen LogP contribution in [-0.4, -0.2) is 61.7 Å². The van der Waals surface area contributed by atoms with Gasteiger partial charge >= 0.3 is 0 Å². The van der Waals surface area contributed by atoms with Crippen LogP contribution in [0, 0.1) is 0 Å². The van der Waals surface area contributed by atoms with E-state index in [1.165, 1.54) is 0 Å². The highest BCUT2D eigenvalue weighted by atomic mass is 19.3. The summed E-state index contributed by atoms with van der Waals surface area (Å²) in [7, 11) is 1.69. The van der Waals surface area contributed by atoms with Gasteiger partial charge in [-0.25, -0.2) is 13.2 Å². The Kier molecular flexibility index (Phi) is 3.78. The highest BCUT2D eigenvalue weighted by Gasteiger charge is 2.40. The van der Waals surface area contributed by atoms with Crippen molar-refractivity contribution in [3.63, 3.8) is 0 Å². The molecule has 0 spiro atoms. The minimum atomic E-state index is -2.72. The molecule has 0 aromatic heterocycles. The van der Waals surface area contributed by atoms with Crippen molar-refractivity contribution in [1.82, 2.24) is 9.80 Å². The smallest absolute Gasteiger partial charge is 0.261 e. The van der Waals surface area contributed by atoms with Crippen LogP contribution in [-0.2, 0) is 0 Å². The fourth-order valence-electron chi connectivity index (χ4n) is 1.80. The van der Waals surface area contributed by atoms with Crippen molar-refractivity contribution >= 4 is 0 Å². The summed E-state index contributed by atoms with van der Waals surface area (Å²) in [6.45, 7) is 2.23. The lowest BCUT2D eigenvalue weighted by Crippen LogP contribution is -2.58. The third-order valence-electron chi connectivity index (χ3n) is 2.72. The van der Waals surface area contributed by atoms with E-state index in [2.05, 4.69) is 0 Å². The van der Waals surface area contributed by atoms with Gasteiger partial charge in [-0.3, -0.25) is 9.80 Å². The molecule has 1 atom stereocenters. The van der Waals surface area contributed by atoms with Crippen molar-refractivity contribution < 1.29 is 13.2 Å². The molecule has 1 aliphatic rings. The van der Waals surface area contributed by atoms with E-state index in [0.717, 1.165) is 6.92 Å². The molecule has 0 aromatic rings. The van der Waals surface area contributed by atoms with Gasteiger partial charge in [0.15, 0.2) is 0 Å². The molecule has 1 heterocycles. The van der Waals surface area contributed by atoms with Gasteiger partial charge in [0.05, 0.1) is 6.04 Å². The maximum atomic E-state index is 13.1. The monoisotopic (exact) mass is 210 g/mol. The van der Waals surface area contributed by atoms with Crippen molar-refractivity contribution in [3.8, 4) is 0 Å². The van der Waals surface area contributed by atoms with Crippen LogP contribution in [0.2, 0.25) is 0 Å². The molecule has 5 heteroatoms. The van der Waals surface area contributed by atoms with Gasteiger partial charge < -0.3 is 0 Å². The summed E-state index contributed by atoms with van der Waals surface area (Å²) in [5.41, 5.74) is 0. The fraction of sp³-hybridized carbons (Fsp3) is 1.00. The number of nitrogens with zero attached hydrogens (tertiary/aromatic N) is 2. The number of hydrogen-bond donors (Lipinski definition) is 0. The van der Waals surface area contributed by atoms with Crippen LogP contribution in [0.1, 0.15) is 6.92 Å². The Morgan fingerprint density at radius 3 is 2.50 bits per heavy atom. The maximum absolute atomic E-state index is 13.1. The first-order chi connectivity index (χ1) is 6.45. The standard InChI is InChI=1S/C9H17F3N2/c1-9(11,12)8-7-14(4-3-10)6-5-13(8)2/h8H,3-7H2,1-2H3. The Morgan fingerprint density at radius 2 is 2.00 bits per heavy atom. The predicted molar refractivity (Wildman–Crippen MR) is 49.5 cm³/mol. The zero-order valence-corrected chi connectivity index (χ0v) is 8.64. The first kappa shape index (κ1) is 11.8. The molecule has 0 N–H and O–H groups in total. The minimum Gasteiger partial charge on any atom is -0.298 e. The molecule has 2 nitrogen and oxygen atoms in total. The number of hydrogen-bond acceptors (Lipinski definition) is 2. The van der Waals surface area contributed by atoms with Gasteiger partial charge in [0.1, 0.15) is 6.67 Å². The summed E-state index contributed by atoms with van der Waals surface area (Å²) in [4.78, 5) is 3.40. The van der Waals surface area contributed by atoms with E-state index in [0.29, 0.717) is 13.1 Å². The average Bonchev–Trinajstić information content (AvgIpc) is 2.07. The van der Waals surface area contributed by atoms with Crippen LogP contribution in [0.3, 0.4) is 0 Å². The highest BCUT2D eigenvalue weighted by molar-refractivity contribution is 4.87. The molecular formula is C9H17F3N2. The minimum absolute atomic E-state index is 0.254. The molecule has 14 heavy (non-hydrogen) atoms. The normalized spacial score (nSPS) is 26.8. The Balaban J connectivity index is 2.55. The van der Waals surface area contributed by atoms with Crippen molar-refractivity contribution in [2.75, 3.05) is 39.9 Å². The summed E-state index contributed by atoms with van der Waals surface area (Å²) in [6, 6.07) is -0.789. The summed E-state index contributed by atoms with van der Waals surface area (Å²) >= 11 is 0. The third-order valence-corrected chi connectivity index (χ3v) is 2.72. The topological polar surface area (TPSA) is 6.48 Å². The number of piperazine rings is 1. The second-order valence-electron chi connectivity index (χ2n) is 3.94. The molecule has 0 aliphatic carbocycles. The molecule has 1 unspecified atom stereocenters. The van der Waals surface area contributed by atoms with Crippen LogP contribution >= 0.6 is 0 Å². The van der Waals surface area contributed by atoms with Gasteiger partial charge in [0.25, 0.3) is 5.92 Å². The Bertz CT molecular complexity index is 181. The molecule has 0 amide bonds. The molecule has 0 saturated carbocycles. The van der Waals surface area contributed by atoms with E-state index in [1.54, 1.807) is 16.8 Å². The molecular weight excluding hydrogens is 193 g/mol. The zero-order chi connectivity index (χ0) is 10.8. The first-order valence-electron chi connectivity index (χ1n) is 4.81. The molecule has 0 aromatic carbocycles. The Morgan fingerprint density at radius 1 is 1.36 bits per heavy atom. The molecule has 84 valence electrons. The van der Waals surface area contributed by atoms with Crippen molar-refractivity contribution in [2.45, 2.75) is 18.9 Å². The van der Waals surface area contributed by atoms with E-state index >= 15 is 0 Å². The van der Waals surface area contributed by atoms with Crippen LogP contribution in [0.5, 0.6) is 0 Å². The van der Waals surface area contributed by atoms with Crippen molar-refractivity contribution in [3.05, 3.63) is 0 Å². The Hall–Kier alpha value is -0.290. The Labute approximate surface area is 82.7 Å². The van der Waals surface area contributed by atoms with E-state index < -0.39 is 18.6 Å². The summed E-state index contributed by atoms with van der Waals surface area (Å²) in [6.07, 6.45) is 0. The van der Waals surface area contributed by atoms with Gasteiger partial charge in [-0.2, -0.15) is 0 Å². The van der Waals surface area contributed by atoms with Crippen LogP contribution < -0.4 is 0 Å². The number of alkyl halides is 3. The summed E-state index contributed by atoms with van der Waals surface area (Å²) < 4.78 is 38.3. The lowest BCUT2D eigenvalue weighted by atomic mass is 10.1. The van der Waals surface area contributed by atoms with Crippen LogP contribution in [0.15, 0.2) is 0 Å². The van der Waals surface area contributed by atoms with E-state index in [-0.39, 0.29) is 13.1 Å². The van der Waals surface area contributed by atoms with Gasteiger partial charge in [-0.15, -0.1) is 0 Å². The molecule has 0 bridgehead atoms. The largest absolute Gasteiger partial charge is 0.298 e. The summed E-state index contributed by atoms with van der Waals surface area (Å²) in [5.74, 6) is -2.72. The van der Waals surface area contributed by atoms with Crippen molar-refractivity contribution in [2.24, 2.45) is 0 Å². The molecule has 1 aliphatic heterocycles. The zero-order valence-electron chi connectivity index (χ0n) is 8.64. The second-order valence-corrected chi connectivity index (χ2v) is 3.94. The van der Waals surface area contributed by atoms with E-state index in [4.69, 9.17) is 0 Å². The van der Waals surface area contributed by atoms with Gasteiger partial charge in [-0.05, 0) is 7.05 Å². The quantitative estimate of drug-likeness (QED) is 0.691.